The standard InChI is InChI=1S/C14H14BrF3N4OS/c1-21(7-9-5-3-4-6-10(9)15)11(23)8-24-13-20-19-12(22(13)2)14(16,17)18/h3-6H,7-8H2,1-2H3. The van der Waals surface area contributed by atoms with Gasteiger partial charge in [0.15, 0.2) is 5.16 Å². The number of thioether (sulfide) groups is 1. The van der Waals surface area contributed by atoms with Gasteiger partial charge in [0.05, 0.1) is 5.75 Å². The van der Waals surface area contributed by atoms with Gasteiger partial charge in [0.2, 0.25) is 11.7 Å². The number of carbonyl (C=O) groups excluding carboxylic acids is 1. The Balaban J connectivity index is 1.96. The van der Waals surface area contributed by atoms with Gasteiger partial charge in [-0.15, -0.1) is 10.2 Å². The molecule has 0 aliphatic rings. The second kappa shape index (κ2) is 7.56. The van der Waals surface area contributed by atoms with Crippen LogP contribution < -0.4 is 0 Å². The summed E-state index contributed by atoms with van der Waals surface area (Å²) in [5.41, 5.74) is 0.941. The van der Waals surface area contributed by atoms with E-state index in [1.54, 1.807) is 7.05 Å². The van der Waals surface area contributed by atoms with E-state index in [9.17, 15) is 18.0 Å². The number of rotatable bonds is 5. The van der Waals surface area contributed by atoms with Crippen LogP contribution in [0.25, 0.3) is 0 Å². The summed E-state index contributed by atoms with van der Waals surface area (Å²) in [6.07, 6.45) is -4.57. The zero-order valence-corrected chi connectivity index (χ0v) is 15.2. The van der Waals surface area contributed by atoms with Crippen molar-refractivity contribution in [1.29, 1.82) is 0 Å². The van der Waals surface area contributed by atoms with E-state index in [1.807, 2.05) is 24.3 Å². The molecular weight excluding hydrogens is 409 g/mol. The quantitative estimate of drug-likeness (QED) is 0.693. The monoisotopic (exact) mass is 422 g/mol. The van der Waals surface area contributed by atoms with E-state index < -0.39 is 12.0 Å². The molecule has 1 aromatic carbocycles. The molecule has 24 heavy (non-hydrogen) atoms. The fourth-order valence-corrected chi connectivity index (χ4v) is 3.16. The molecule has 5 nitrogen and oxygen atoms in total. The van der Waals surface area contributed by atoms with Crippen molar-refractivity contribution in [3.63, 3.8) is 0 Å². The van der Waals surface area contributed by atoms with Crippen molar-refractivity contribution in [3.8, 4) is 0 Å². The summed E-state index contributed by atoms with van der Waals surface area (Å²) < 4.78 is 39.7. The van der Waals surface area contributed by atoms with Crippen LogP contribution >= 0.6 is 27.7 Å². The Hall–Kier alpha value is -1.55. The van der Waals surface area contributed by atoms with E-state index in [-0.39, 0.29) is 16.8 Å². The fourth-order valence-electron chi connectivity index (χ4n) is 1.89. The minimum atomic E-state index is -4.57. The molecule has 1 aromatic heterocycles. The Morgan fingerprint density at radius 3 is 2.58 bits per heavy atom. The van der Waals surface area contributed by atoms with Crippen molar-refractivity contribution in [2.75, 3.05) is 12.8 Å². The molecule has 2 aromatic rings. The lowest BCUT2D eigenvalue weighted by Gasteiger charge is -2.17. The maximum absolute atomic E-state index is 12.7. The highest BCUT2D eigenvalue weighted by atomic mass is 79.9. The van der Waals surface area contributed by atoms with Gasteiger partial charge in [0.25, 0.3) is 0 Å². The molecule has 0 saturated heterocycles. The number of alkyl halides is 3. The van der Waals surface area contributed by atoms with Crippen LogP contribution in [-0.4, -0.2) is 38.4 Å². The van der Waals surface area contributed by atoms with Crippen molar-refractivity contribution < 1.29 is 18.0 Å². The summed E-state index contributed by atoms with van der Waals surface area (Å²) in [4.78, 5) is 13.7. The average molecular weight is 423 g/mol. The SMILES string of the molecule is CN(Cc1ccccc1Br)C(=O)CSc1nnc(C(F)(F)F)n1C. The predicted octanol–water partition coefficient (Wildman–Crippen LogP) is 3.35. The van der Waals surface area contributed by atoms with Crippen LogP contribution in [0.3, 0.4) is 0 Å². The zero-order valence-electron chi connectivity index (χ0n) is 12.8. The molecule has 0 unspecified atom stereocenters. The summed E-state index contributed by atoms with van der Waals surface area (Å²) in [6.45, 7) is 0.396. The Labute approximate surface area is 149 Å². The maximum Gasteiger partial charge on any atom is 0.451 e. The van der Waals surface area contributed by atoms with Crippen molar-refractivity contribution in [1.82, 2.24) is 19.7 Å². The molecule has 0 saturated carbocycles. The van der Waals surface area contributed by atoms with Gasteiger partial charge in [0, 0.05) is 25.1 Å². The van der Waals surface area contributed by atoms with Crippen LogP contribution in [0.4, 0.5) is 13.2 Å². The maximum atomic E-state index is 12.7. The smallest absolute Gasteiger partial charge is 0.341 e. The number of halogens is 4. The molecule has 130 valence electrons. The number of hydrogen-bond acceptors (Lipinski definition) is 4. The molecule has 1 amide bonds. The lowest BCUT2D eigenvalue weighted by Crippen LogP contribution is -2.28. The van der Waals surface area contributed by atoms with E-state index in [2.05, 4.69) is 26.1 Å². The number of carbonyl (C=O) groups is 1. The Bertz CT molecular complexity index is 735. The van der Waals surface area contributed by atoms with Crippen LogP contribution in [-0.2, 0) is 24.6 Å². The number of benzene rings is 1. The highest BCUT2D eigenvalue weighted by Gasteiger charge is 2.37. The molecule has 2 rings (SSSR count). The molecular formula is C14H14BrF3N4OS. The summed E-state index contributed by atoms with van der Waals surface area (Å²) in [7, 11) is 2.86. The summed E-state index contributed by atoms with van der Waals surface area (Å²) in [5.74, 6) is -1.32. The Morgan fingerprint density at radius 1 is 1.33 bits per heavy atom. The molecule has 0 aliphatic carbocycles. The van der Waals surface area contributed by atoms with Gasteiger partial charge in [0.1, 0.15) is 0 Å². The number of aromatic nitrogens is 3. The van der Waals surface area contributed by atoms with Crippen molar-refractivity contribution in [2.24, 2.45) is 7.05 Å². The topological polar surface area (TPSA) is 51.0 Å². The molecule has 0 fully saturated rings. The summed E-state index contributed by atoms with van der Waals surface area (Å²) in [5, 5.41) is 6.66. The molecule has 0 radical (unpaired) electrons. The van der Waals surface area contributed by atoms with Gasteiger partial charge in [-0.25, -0.2) is 0 Å². The average Bonchev–Trinajstić information content (AvgIpc) is 2.88. The van der Waals surface area contributed by atoms with E-state index in [4.69, 9.17) is 0 Å². The van der Waals surface area contributed by atoms with Crippen molar-refractivity contribution in [2.45, 2.75) is 17.9 Å². The molecule has 0 aliphatic heterocycles. The first kappa shape index (κ1) is 18.8. The highest BCUT2D eigenvalue weighted by Crippen LogP contribution is 2.29. The minimum absolute atomic E-state index is 0.0230. The minimum Gasteiger partial charge on any atom is -0.341 e. The molecule has 0 atom stereocenters. The van der Waals surface area contributed by atoms with Gasteiger partial charge >= 0.3 is 6.18 Å². The van der Waals surface area contributed by atoms with Crippen LogP contribution in [0.1, 0.15) is 11.4 Å². The number of amides is 1. The zero-order chi connectivity index (χ0) is 17.9. The normalized spacial score (nSPS) is 11.6. The largest absolute Gasteiger partial charge is 0.451 e. The first-order valence-electron chi connectivity index (χ1n) is 6.77. The van der Waals surface area contributed by atoms with Gasteiger partial charge in [-0.05, 0) is 11.6 Å². The second-order valence-electron chi connectivity index (χ2n) is 4.99. The van der Waals surface area contributed by atoms with Gasteiger partial charge in [-0.1, -0.05) is 45.9 Å². The van der Waals surface area contributed by atoms with E-state index >= 15 is 0 Å². The van der Waals surface area contributed by atoms with Gasteiger partial charge in [-0.2, -0.15) is 13.2 Å². The fraction of sp³-hybridized carbons (Fsp3) is 0.357. The third-order valence-electron chi connectivity index (χ3n) is 3.20. The molecule has 0 bridgehead atoms. The van der Waals surface area contributed by atoms with E-state index in [0.717, 1.165) is 26.4 Å². The molecule has 1 heterocycles. The lowest BCUT2D eigenvalue weighted by atomic mass is 10.2. The van der Waals surface area contributed by atoms with Crippen LogP contribution in [0, 0.1) is 0 Å². The molecule has 0 N–H and O–H groups in total. The van der Waals surface area contributed by atoms with E-state index in [0.29, 0.717) is 6.54 Å². The van der Waals surface area contributed by atoms with Gasteiger partial charge < -0.3 is 9.47 Å². The lowest BCUT2D eigenvalue weighted by molar-refractivity contribution is -0.147. The molecule has 10 heteroatoms. The third-order valence-corrected chi connectivity index (χ3v) is 4.98. The number of nitrogens with zero attached hydrogens (tertiary/aromatic N) is 4. The second-order valence-corrected chi connectivity index (χ2v) is 6.79. The highest BCUT2D eigenvalue weighted by molar-refractivity contribution is 9.10. The predicted molar refractivity (Wildman–Crippen MR) is 87.3 cm³/mol. The number of hydrogen-bond donors (Lipinski definition) is 0. The molecule has 0 spiro atoms. The van der Waals surface area contributed by atoms with Crippen molar-refractivity contribution >= 4 is 33.6 Å². The summed E-state index contributed by atoms with van der Waals surface area (Å²) >= 11 is 4.33. The summed E-state index contributed by atoms with van der Waals surface area (Å²) in [6, 6.07) is 7.50. The van der Waals surface area contributed by atoms with Gasteiger partial charge in [-0.3, -0.25) is 4.79 Å². The van der Waals surface area contributed by atoms with Crippen LogP contribution in [0.5, 0.6) is 0 Å². The Kier molecular flexibility index (Phi) is 5.92. The van der Waals surface area contributed by atoms with Crippen LogP contribution in [0.2, 0.25) is 0 Å². The van der Waals surface area contributed by atoms with E-state index in [1.165, 1.54) is 11.9 Å². The first-order chi connectivity index (χ1) is 11.2. The first-order valence-corrected chi connectivity index (χ1v) is 8.54. The third kappa shape index (κ3) is 4.50. The van der Waals surface area contributed by atoms with Crippen molar-refractivity contribution in [3.05, 3.63) is 40.1 Å². The van der Waals surface area contributed by atoms with Crippen LogP contribution in [0.15, 0.2) is 33.9 Å². The Morgan fingerprint density at radius 2 is 2.00 bits per heavy atom.